The minimum Gasteiger partial charge on any atom is -0.445 e. The molecule has 3 aromatic carbocycles. The van der Waals surface area contributed by atoms with E-state index >= 15 is 4.39 Å². The number of alkyl halides is 1. The number of rotatable bonds is 9. The fourth-order valence-corrected chi connectivity index (χ4v) is 5.87. The number of likely N-dealkylation sites (tertiary alicyclic amines) is 1. The number of hydrogen-bond donors (Lipinski definition) is 0. The van der Waals surface area contributed by atoms with Gasteiger partial charge in [0.05, 0.1) is 24.7 Å². The van der Waals surface area contributed by atoms with Gasteiger partial charge in [-0.1, -0.05) is 81.4 Å². The quantitative estimate of drug-likeness (QED) is 0.137. The molecule has 0 unspecified atom stereocenters. The van der Waals surface area contributed by atoms with Gasteiger partial charge >= 0.3 is 11.5 Å². The Bertz CT molecular complexity index is 1670. The second-order valence-electron chi connectivity index (χ2n) is 12.5. The van der Waals surface area contributed by atoms with Gasteiger partial charge in [0.25, 0.3) is 0 Å². The second kappa shape index (κ2) is 13.9. The number of hydrogen-bond acceptors (Lipinski definition) is 5. The van der Waals surface area contributed by atoms with Gasteiger partial charge in [-0.2, -0.15) is 5.10 Å². The Morgan fingerprint density at radius 2 is 1.65 bits per heavy atom. The molecule has 0 N–H and O–H groups in total. The molecule has 12 heteroatoms. The third-order valence-corrected chi connectivity index (χ3v) is 8.12. The van der Waals surface area contributed by atoms with E-state index in [1.807, 2.05) is 81.4 Å². The lowest BCUT2D eigenvalue weighted by molar-refractivity contribution is 0.0952. The molecule has 0 saturated carbocycles. The fraction of sp³-hybridized carbons (Fsp3) is 0.353. The summed E-state index contributed by atoms with van der Waals surface area (Å²) in [7, 11) is 0. The van der Waals surface area contributed by atoms with E-state index in [9.17, 15) is 18.4 Å². The van der Waals surface area contributed by atoms with Crippen molar-refractivity contribution in [2.24, 2.45) is 11.3 Å². The van der Waals surface area contributed by atoms with E-state index in [2.05, 4.69) is 10.1 Å². The summed E-state index contributed by atoms with van der Waals surface area (Å²) in [6, 6.07) is 20.6. The van der Waals surface area contributed by atoms with Gasteiger partial charge in [-0.25, -0.2) is 27.6 Å². The standard InChI is InChI=1S/C34H35ClF3N5O3/c1-34(2,3)29(31-39-30(26-16-25(36)14-15-27(26)37)40-43(31)17-22-10-6-4-7-11-22)42(32(35)44)19-24-18-41(20-28(24)38)33(45)46-21-23-12-8-5-9-13-23/h4-16,24,28-29H,17-21H2,1-3H3/t24-,28-,29-/m0/s1. The molecule has 0 bridgehead atoms. The molecule has 5 rings (SSSR count). The van der Waals surface area contributed by atoms with Crippen molar-refractivity contribution in [3.05, 3.63) is 107 Å². The lowest BCUT2D eigenvalue weighted by atomic mass is 9.84. The van der Waals surface area contributed by atoms with Crippen molar-refractivity contribution in [1.82, 2.24) is 24.6 Å². The maximum atomic E-state index is 15.5. The van der Waals surface area contributed by atoms with Crippen LogP contribution in [-0.2, 0) is 17.9 Å². The van der Waals surface area contributed by atoms with Crippen LogP contribution in [0.4, 0.5) is 22.8 Å². The monoisotopic (exact) mass is 653 g/mol. The van der Waals surface area contributed by atoms with Gasteiger partial charge in [0, 0.05) is 19.0 Å². The van der Waals surface area contributed by atoms with Crippen LogP contribution >= 0.6 is 11.6 Å². The molecule has 4 aromatic rings. The second-order valence-corrected chi connectivity index (χ2v) is 12.8. The normalized spacial score (nSPS) is 17.2. The minimum absolute atomic E-state index is 0.00276. The van der Waals surface area contributed by atoms with Crippen molar-refractivity contribution in [1.29, 1.82) is 0 Å². The predicted molar refractivity (Wildman–Crippen MR) is 168 cm³/mol. The summed E-state index contributed by atoms with van der Waals surface area (Å²) in [6.07, 6.45) is -2.11. The Hall–Kier alpha value is -4.38. The van der Waals surface area contributed by atoms with E-state index in [1.165, 1.54) is 14.5 Å². The van der Waals surface area contributed by atoms with E-state index < -0.39 is 46.6 Å². The zero-order valence-corrected chi connectivity index (χ0v) is 26.5. The van der Waals surface area contributed by atoms with Crippen LogP contribution in [-0.4, -0.2) is 61.8 Å². The number of carbonyl (C=O) groups excluding carboxylic acids is 2. The highest BCUT2D eigenvalue weighted by molar-refractivity contribution is 6.62. The van der Waals surface area contributed by atoms with Crippen LogP contribution in [0, 0.1) is 23.0 Å². The summed E-state index contributed by atoms with van der Waals surface area (Å²) in [5.41, 5.74) is 0.768. The van der Waals surface area contributed by atoms with Crippen molar-refractivity contribution in [2.75, 3.05) is 19.6 Å². The highest BCUT2D eigenvalue weighted by Gasteiger charge is 2.43. The first-order valence-electron chi connectivity index (χ1n) is 14.9. The van der Waals surface area contributed by atoms with Crippen LogP contribution in [0.15, 0.2) is 78.9 Å². The molecule has 2 amide bonds. The minimum atomic E-state index is -1.46. The van der Waals surface area contributed by atoms with Gasteiger partial charge in [0.15, 0.2) is 11.6 Å². The zero-order chi connectivity index (χ0) is 33.0. The lowest BCUT2D eigenvalue weighted by Crippen LogP contribution is -2.44. The molecule has 1 aromatic heterocycles. The first kappa shape index (κ1) is 33.0. The number of halogens is 4. The van der Waals surface area contributed by atoms with E-state index in [0.717, 1.165) is 29.3 Å². The molecular weight excluding hydrogens is 619 g/mol. The lowest BCUT2D eigenvalue weighted by Gasteiger charge is -2.39. The molecule has 0 radical (unpaired) electrons. The van der Waals surface area contributed by atoms with Gasteiger partial charge in [-0.3, -0.25) is 4.79 Å². The molecule has 1 aliphatic heterocycles. The summed E-state index contributed by atoms with van der Waals surface area (Å²) >= 11 is 6.21. The van der Waals surface area contributed by atoms with Gasteiger partial charge in [-0.05, 0) is 46.3 Å². The molecule has 0 aliphatic carbocycles. The Labute approximate surface area is 270 Å². The van der Waals surface area contributed by atoms with E-state index in [4.69, 9.17) is 16.3 Å². The molecular formula is C34H35ClF3N5O3. The first-order chi connectivity index (χ1) is 21.9. The Morgan fingerprint density at radius 3 is 2.28 bits per heavy atom. The Morgan fingerprint density at radius 1 is 1.00 bits per heavy atom. The van der Waals surface area contributed by atoms with Crippen LogP contribution in [0.5, 0.6) is 0 Å². The SMILES string of the molecule is CC(C)(C)[C@H](c1nc(-c2cc(F)ccc2F)nn1Cc1ccccc1)N(C[C@@H]1CN(C(=O)OCc2ccccc2)C[C@@H]1F)C(=O)Cl. The van der Waals surface area contributed by atoms with E-state index in [1.54, 1.807) is 0 Å². The Balaban J connectivity index is 1.45. The molecule has 0 spiro atoms. The molecule has 3 atom stereocenters. The van der Waals surface area contributed by atoms with Crippen LogP contribution < -0.4 is 0 Å². The summed E-state index contributed by atoms with van der Waals surface area (Å²) < 4.78 is 51.5. The predicted octanol–water partition coefficient (Wildman–Crippen LogP) is 7.63. The van der Waals surface area contributed by atoms with Gasteiger partial charge < -0.3 is 14.5 Å². The zero-order valence-electron chi connectivity index (χ0n) is 25.7. The Kier molecular flexibility index (Phi) is 10.0. The van der Waals surface area contributed by atoms with Crippen molar-refractivity contribution >= 4 is 23.1 Å². The molecule has 1 saturated heterocycles. The van der Waals surface area contributed by atoms with Crippen molar-refractivity contribution in [2.45, 2.75) is 46.1 Å². The van der Waals surface area contributed by atoms with Crippen molar-refractivity contribution in [3.63, 3.8) is 0 Å². The molecule has 46 heavy (non-hydrogen) atoms. The average Bonchev–Trinajstić information content (AvgIpc) is 3.60. The summed E-state index contributed by atoms with van der Waals surface area (Å²) in [4.78, 5) is 33.2. The number of ether oxygens (including phenoxy) is 1. The highest BCUT2D eigenvalue weighted by Crippen LogP contribution is 2.40. The maximum Gasteiger partial charge on any atom is 0.410 e. The van der Waals surface area contributed by atoms with E-state index in [0.29, 0.717) is 0 Å². The van der Waals surface area contributed by atoms with E-state index in [-0.39, 0.29) is 50.0 Å². The molecule has 242 valence electrons. The van der Waals surface area contributed by atoms with Gasteiger partial charge in [-0.15, -0.1) is 0 Å². The maximum absolute atomic E-state index is 15.5. The summed E-state index contributed by atoms with van der Waals surface area (Å²) in [6.45, 7) is 5.50. The fourth-order valence-electron chi connectivity index (χ4n) is 5.70. The smallest absolute Gasteiger partial charge is 0.410 e. The number of carbonyl (C=O) groups is 2. The van der Waals surface area contributed by atoms with Crippen LogP contribution in [0.1, 0.15) is 43.8 Å². The molecule has 2 heterocycles. The van der Waals surface area contributed by atoms with Crippen molar-refractivity contribution < 1.29 is 27.5 Å². The van der Waals surface area contributed by atoms with Crippen LogP contribution in [0.3, 0.4) is 0 Å². The number of benzene rings is 3. The third-order valence-electron chi connectivity index (χ3n) is 7.90. The summed E-state index contributed by atoms with van der Waals surface area (Å²) in [5, 5.41) is 3.70. The van der Waals surface area contributed by atoms with Crippen LogP contribution in [0.2, 0.25) is 0 Å². The van der Waals surface area contributed by atoms with Gasteiger partial charge in [0.1, 0.15) is 24.4 Å². The largest absolute Gasteiger partial charge is 0.445 e. The average molecular weight is 654 g/mol. The number of nitrogens with zero attached hydrogens (tertiary/aromatic N) is 5. The summed E-state index contributed by atoms with van der Waals surface area (Å²) in [5.74, 6) is -1.97. The third kappa shape index (κ3) is 7.70. The van der Waals surface area contributed by atoms with Gasteiger partial charge in [0.2, 0.25) is 0 Å². The topological polar surface area (TPSA) is 80.6 Å². The molecule has 1 fully saturated rings. The van der Waals surface area contributed by atoms with Crippen molar-refractivity contribution in [3.8, 4) is 11.4 Å². The highest BCUT2D eigenvalue weighted by atomic mass is 35.5. The molecule has 8 nitrogen and oxygen atoms in total. The number of amides is 2. The first-order valence-corrected chi connectivity index (χ1v) is 15.3. The number of aromatic nitrogens is 3. The molecule has 1 aliphatic rings. The van der Waals surface area contributed by atoms with Crippen LogP contribution in [0.25, 0.3) is 11.4 Å².